The third-order valence-electron chi connectivity index (χ3n) is 10.8. The van der Waals surface area contributed by atoms with Gasteiger partial charge >= 0.3 is 0 Å². The van der Waals surface area contributed by atoms with Crippen LogP contribution in [-0.2, 0) is 24.4 Å². The molecule has 3 N–H and O–H groups in total. The normalized spacial score (nSPS) is 22.5. The summed E-state index contributed by atoms with van der Waals surface area (Å²) in [5, 5.41) is 9.10. The number of pyridine rings is 1. The Morgan fingerprint density at radius 3 is 2.51 bits per heavy atom. The molecule has 1 saturated heterocycles. The lowest BCUT2D eigenvalue weighted by Crippen LogP contribution is -2.58. The number of carbonyl (C=O) groups excluding carboxylic acids is 3. The highest BCUT2D eigenvalue weighted by Crippen LogP contribution is 2.47. The number of fused-ring (bicyclic) bond motifs is 1. The van der Waals surface area contributed by atoms with Crippen molar-refractivity contribution < 1.29 is 41.1 Å². The highest BCUT2D eigenvalue weighted by Gasteiger charge is 2.62. The molecule has 13 nitrogen and oxygen atoms in total. The monoisotopic (exact) mass is 844 g/mol. The molecule has 0 radical (unpaired) electrons. The standard InChI is InChI=1S/C39H43ClF2N6O7S2/c1-6-21-16-39(21,36(51)47-57(52,53)24-9-10-24)46-33(49)30-15-23(55-34-26-14-22(40)8-11-25(26)31(54-5)17-43-34)18-48(30)35(50)32(38(2,3)4)45-37-44-29(19-56-37)20-7-12-27(41)28(42)13-20/h7-8,11-14,17,19,21,23-24,30,32H,6,9-10,15-16,18H2,1-5H3,(H,44,45)(H,46,49)(H,47,51)/t21-,23-,30+,32-,39-/m1/s1. The molecule has 0 spiro atoms. The molecule has 2 saturated carbocycles. The van der Waals surface area contributed by atoms with Gasteiger partial charge in [0.1, 0.15) is 29.5 Å². The fourth-order valence-corrected chi connectivity index (χ4v) is 9.60. The molecule has 3 heterocycles. The molecule has 0 bridgehead atoms. The molecule has 3 aliphatic rings. The van der Waals surface area contributed by atoms with Gasteiger partial charge in [-0.3, -0.25) is 19.1 Å². The summed E-state index contributed by atoms with van der Waals surface area (Å²) >= 11 is 7.53. The van der Waals surface area contributed by atoms with Crippen LogP contribution in [0.4, 0.5) is 13.9 Å². The molecule has 3 amide bonds. The first-order valence-corrected chi connectivity index (χ1v) is 21.4. The van der Waals surface area contributed by atoms with Gasteiger partial charge in [0, 0.05) is 33.2 Å². The number of carbonyl (C=O) groups is 3. The number of aromatic nitrogens is 2. The second-order valence-electron chi connectivity index (χ2n) is 15.9. The molecule has 2 aliphatic carbocycles. The van der Waals surface area contributed by atoms with Gasteiger partial charge < -0.3 is 25.0 Å². The molecule has 2 aromatic carbocycles. The van der Waals surface area contributed by atoms with Crippen molar-refractivity contribution in [3.63, 3.8) is 0 Å². The maximum absolute atomic E-state index is 14.8. The van der Waals surface area contributed by atoms with Crippen LogP contribution in [0.1, 0.15) is 59.8 Å². The van der Waals surface area contributed by atoms with E-state index in [0.717, 1.165) is 12.1 Å². The summed E-state index contributed by atoms with van der Waals surface area (Å²) in [5.74, 6) is -3.52. The molecule has 5 atom stereocenters. The Labute approximate surface area is 337 Å². The van der Waals surface area contributed by atoms with E-state index in [9.17, 15) is 31.6 Å². The van der Waals surface area contributed by atoms with E-state index < -0.39 is 73.8 Å². The van der Waals surface area contributed by atoms with E-state index in [1.165, 1.54) is 35.6 Å². The Morgan fingerprint density at radius 1 is 1.11 bits per heavy atom. The molecule has 1 aliphatic heterocycles. The molecule has 0 unspecified atom stereocenters. The second kappa shape index (κ2) is 15.3. The number of amides is 3. The minimum Gasteiger partial charge on any atom is -0.494 e. The largest absolute Gasteiger partial charge is 0.494 e. The van der Waals surface area contributed by atoms with E-state index in [2.05, 4.69) is 25.3 Å². The zero-order valence-electron chi connectivity index (χ0n) is 31.9. The third kappa shape index (κ3) is 8.23. The molecule has 57 heavy (non-hydrogen) atoms. The van der Waals surface area contributed by atoms with E-state index in [0.29, 0.717) is 57.2 Å². The second-order valence-corrected chi connectivity index (χ2v) is 19.1. The summed E-state index contributed by atoms with van der Waals surface area (Å²) in [6.07, 6.45) is 2.42. The maximum atomic E-state index is 14.8. The SMILES string of the molecule is CC[C@@H]1C[C@]1(NC(=O)[C@@H]1C[C@@H](Oc2ncc(OC)c3ccc(Cl)cc23)CN1C(=O)[C@@H](Nc1nc(-c2ccc(F)c(F)c2)cs1)C(C)(C)C)C(=O)NS(=O)(=O)C1CC1. The highest BCUT2D eigenvalue weighted by atomic mass is 35.5. The first-order valence-electron chi connectivity index (χ1n) is 18.6. The lowest BCUT2D eigenvalue weighted by molar-refractivity contribution is -0.141. The first kappa shape index (κ1) is 40.6. The number of nitrogens with zero attached hydrogens (tertiary/aromatic N) is 3. The number of rotatable bonds is 13. The molecule has 2 aromatic heterocycles. The van der Waals surface area contributed by atoms with Gasteiger partial charge in [0.2, 0.25) is 27.7 Å². The molecule has 7 rings (SSSR count). The number of halogens is 3. The maximum Gasteiger partial charge on any atom is 0.259 e. The molecule has 4 aromatic rings. The Morgan fingerprint density at radius 2 is 1.86 bits per heavy atom. The number of likely N-dealkylation sites (tertiary alicyclic amines) is 1. The van der Waals surface area contributed by atoms with Crippen molar-refractivity contribution in [3.05, 3.63) is 64.6 Å². The van der Waals surface area contributed by atoms with Crippen LogP contribution in [0.3, 0.4) is 0 Å². The van der Waals surface area contributed by atoms with E-state index in [1.54, 1.807) is 23.6 Å². The topological polar surface area (TPSA) is 169 Å². The summed E-state index contributed by atoms with van der Waals surface area (Å²) in [6.45, 7) is 7.34. The number of anilines is 1. The number of sulfonamides is 1. The predicted octanol–water partition coefficient (Wildman–Crippen LogP) is 6.07. The Hall–Kier alpha value is -4.61. The first-order chi connectivity index (χ1) is 26.9. The molecule has 304 valence electrons. The number of benzene rings is 2. The zero-order chi connectivity index (χ0) is 41.0. The summed E-state index contributed by atoms with van der Waals surface area (Å²) in [6, 6.07) is 6.53. The van der Waals surface area contributed by atoms with Crippen molar-refractivity contribution >= 4 is 66.6 Å². The van der Waals surface area contributed by atoms with E-state index >= 15 is 0 Å². The lowest BCUT2D eigenvalue weighted by atomic mass is 9.85. The van der Waals surface area contributed by atoms with Crippen molar-refractivity contribution in [2.45, 2.75) is 88.8 Å². The zero-order valence-corrected chi connectivity index (χ0v) is 34.3. The van der Waals surface area contributed by atoms with Crippen LogP contribution in [0.2, 0.25) is 5.02 Å². The quantitative estimate of drug-likeness (QED) is 0.144. The van der Waals surface area contributed by atoms with Gasteiger partial charge in [0.15, 0.2) is 16.8 Å². The van der Waals surface area contributed by atoms with Crippen LogP contribution in [0.25, 0.3) is 22.0 Å². The average Bonchev–Trinajstić information content (AvgIpc) is 4.05. The summed E-state index contributed by atoms with van der Waals surface area (Å²) in [7, 11) is -2.38. The van der Waals surface area contributed by atoms with Crippen molar-refractivity contribution in [1.82, 2.24) is 24.9 Å². The Bertz CT molecular complexity index is 2350. The van der Waals surface area contributed by atoms with Gasteiger partial charge in [0.25, 0.3) is 5.91 Å². The van der Waals surface area contributed by atoms with E-state index in [1.807, 2.05) is 27.7 Å². The van der Waals surface area contributed by atoms with Crippen molar-refractivity contribution in [1.29, 1.82) is 0 Å². The summed E-state index contributed by atoms with van der Waals surface area (Å²) in [4.78, 5) is 53.3. The summed E-state index contributed by atoms with van der Waals surface area (Å²) < 4.78 is 67.4. The van der Waals surface area contributed by atoms with E-state index in [-0.39, 0.29) is 31.2 Å². The highest BCUT2D eigenvalue weighted by molar-refractivity contribution is 7.91. The van der Waals surface area contributed by atoms with Crippen LogP contribution in [0.5, 0.6) is 11.6 Å². The van der Waals surface area contributed by atoms with Crippen LogP contribution >= 0.6 is 22.9 Å². The Kier molecular flexibility index (Phi) is 10.9. The van der Waals surface area contributed by atoms with Crippen LogP contribution in [0, 0.1) is 23.0 Å². The van der Waals surface area contributed by atoms with Crippen LogP contribution in [-0.4, -0.2) is 83.6 Å². The number of hydrogen-bond acceptors (Lipinski definition) is 11. The molecular formula is C39H43ClF2N6O7S2. The Balaban J connectivity index is 1.19. The van der Waals surface area contributed by atoms with E-state index in [4.69, 9.17) is 21.1 Å². The summed E-state index contributed by atoms with van der Waals surface area (Å²) in [5.41, 5.74) is -1.50. The average molecular weight is 845 g/mol. The van der Waals surface area contributed by atoms with Gasteiger partial charge in [-0.1, -0.05) is 45.7 Å². The number of nitrogens with one attached hydrogen (secondary N) is 3. The predicted molar refractivity (Wildman–Crippen MR) is 212 cm³/mol. The van der Waals surface area contributed by atoms with Gasteiger partial charge in [-0.25, -0.2) is 27.2 Å². The van der Waals surface area contributed by atoms with Crippen molar-refractivity contribution in [2.24, 2.45) is 11.3 Å². The van der Waals surface area contributed by atoms with Crippen molar-refractivity contribution in [2.75, 3.05) is 19.0 Å². The minimum atomic E-state index is -3.90. The third-order valence-corrected chi connectivity index (χ3v) is 13.6. The fraction of sp³-hybridized carbons (Fsp3) is 0.462. The smallest absolute Gasteiger partial charge is 0.259 e. The minimum absolute atomic E-state index is 0.0105. The number of ether oxygens (including phenoxy) is 2. The van der Waals surface area contributed by atoms with Gasteiger partial charge in [-0.2, -0.15) is 0 Å². The number of hydrogen-bond donors (Lipinski definition) is 3. The van der Waals surface area contributed by atoms with Gasteiger partial charge in [-0.05, 0) is 67.0 Å². The number of methoxy groups -OCH3 is 1. The van der Waals surface area contributed by atoms with Crippen LogP contribution in [0.15, 0.2) is 48.0 Å². The molecule has 3 fully saturated rings. The number of thiazole rings is 1. The van der Waals surface area contributed by atoms with Crippen LogP contribution < -0.4 is 24.8 Å². The fourth-order valence-electron chi connectivity index (χ4n) is 7.32. The van der Waals surface area contributed by atoms with Gasteiger partial charge in [-0.15, -0.1) is 11.3 Å². The lowest BCUT2D eigenvalue weighted by Gasteiger charge is -2.35. The molecular weight excluding hydrogens is 802 g/mol. The van der Waals surface area contributed by atoms with Crippen molar-refractivity contribution in [3.8, 4) is 22.9 Å². The molecule has 18 heteroatoms. The van der Waals surface area contributed by atoms with Gasteiger partial charge in [0.05, 0.1) is 30.8 Å².